The predicted molar refractivity (Wildman–Crippen MR) is 58.0 cm³/mol. The Kier molecular flexibility index (Phi) is 5.81. The highest BCUT2D eigenvalue weighted by molar-refractivity contribution is 6.28. The van der Waals surface area contributed by atoms with Gasteiger partial charge in [0.05, 0.1) is 13.2 Å². The fourth-order valence-corrected chi connectivity index (χ4v) is 1.05. The van der Waals surface area contributed by atoms with Crippen LogP contribution < -0.4 is 9.47 Å². The van der Waals surface area contributed by atoms with Crippen molar-refractivity contribution in [2.75, 3.05) is 26.4 Å². The Balaban J connectivity index is 2.51. The second-order valence-electron chi connectivity index (χ2n) is 2.65. The molecule has 0 aliphatic carbocycles. The van der Waals surface area contributed by atoms with E-state index >= 15 is 0 Å². The summed E-state index contributed by atoms with van der Waals surface area (Å²) in [7, 11) is 0. The molecule has 0 saturated carbocycles. The minimum Gasteiger partial charge on any atom is -0.464 e. The number of aromatic nitrogens is 3. The van der Waals surface area contributed by atoms with Crippen molar-refractivity contribution in [1.82, 2.24) is 15.0 Å². The molecule has 1 rings (SSSR count). The molecule has 6 nitrogen and oxygen atoms in total. The first kappa shape index (κ1) is 12.9. The standard InChI is InChI=1S/C9H14ClN3O3/c1-3-14-5-6-16-9-12-7(10)11-8(13-9)15-4-2/h3-6H2,1-2H3. The Morgan fingerprint density at radius 2 is 1.62 bits per heavy atom. The molecule has 0 unspecified atom stereocenters. The van der Waals surface area contributed by atoms with Crippen molar-refractivity contribution in [3.05, 3.63) is 5.28 Å². The van der Waals surface area contributed by atoms with E-state index in [0.717, 1.165) is 0 Å². The van der Waals surface area contributed by atoms with Gasteiger partial charge in [0.2, 0.25) is 5.28 Å². The van der Waals surface area contributed by atoms with Gasteiger partial charge in [-0.1, -0.05) is 0 Å². The van der Waals surface area contributed by atoms with E-state index in [1.807, 2.05) is 13.8 Å². The van der Waals surface area contributed by atoms with Crippen molar-refractivity contribution in [3.63, 3.8) is 0 Å². The number of ether oxygens (including phenoxy) is 3. The van der Waals surface area contributed by atoms with Gasteiger partial charge in [-0.2, -0.15) is 9.97 Å². The average molecular weight is 248 g/mol. The number of hydrogen-bond donors (Lipinski definition) is 0. The molecule has 0 aromatic carbocycles. The summed E-state index contributed by atoms with van der Waals surface area (Å²) in [4.78, 5) is 11.5. The third kappa shape index (κ3) is 4.59. The van der Waals surface area contributed by atoms with Crippen LogP contribution in [0.25, 0.3) is 0 Å². The zero-order valence-corrected chi connectivity index (χ0v) is 10.0. The largest absolute Gasteiger partial charge is 0.464 e. The van der Waals surface area contributed by atoms with Crippen LogP contribution in [0.3, 0.4) is 0 Å². The quantitative estimate of drug-likeness (QED) is 0.678. The smallest absolute Gasteiger partial charge is 0.324 e. The molecule has 7 heteroatoms. The molecule has 0 amide bonds. The highest BCUT2D eigenvalue weighted by atomic mass is 35.5. The van der Waals surface area contributed by atoms with Gasteiger partial charge in [-0.15, -0.1) is 4.98 Å². The van der Waals surface area contributed by atoms with Gasteiger partial charge in [0.15, 0.2) is 0 Å². The summed E-state index contributed by atoms with van der Waals surface area (Å²) in [5.41, 5.74) is 0. The molecule has 0 spiro atoms. The molecule has 0 bridgehead atoms. The first-order valence-corrected chi connectivity index (χ1v) is 5.39. The fourth-order valence-electron chi connectivity index (χ4n) is 0.909. The molecule has 0 aliphatic rings. The number of hydrogen-bond acceptors (Lipinski definition) is 6. The zero-order chi connectivity index (χ0) is 11.8. The predicted octanol–water partition coefficient (Wildman–Crippen LogP) is 1.34. The molecule has 0 N–H and O–H groups in total. The number of halogens is 1. The van der Waals surface area contributed by atoms with Crippen LogP contribution in [0.5, 0.6) is 12.0 Å². The normalized spacial score (nSPS) is 10.2. The minimum absolute atomic E-state index is 0.0462. The van der Waals surface area contributed by atoms with Gasteiger partial charge in [0.25, 0.3) is 0 Å². The van der Waals surface area contributed by atoms with E-state index in [4.69, 9.17) is 25.8 Å². The lowest BCUT2D eigenvalue weighted by atomic mass is 10.7. The third-order valence-electron chi connectivity index (χ3n) is 1.50. The molecular weight excluding hydrogens is 234 g/mol. The Hall–Kier alpha value is -1.14. The molecule has 0 radical (unpaired) electrons. The Labute approximate surface area is 98.9 Å². The minimum atomic E-state index is 0.0462. The molecule has 0 aliphatic heterocycles. The number of nitrogens with zero attached hydrogens (tertiary/aromatic N) is 3. The monoisotopic (exact) mass is 247 g/mol. The van der Waals surface area contributed by atoms with Gasteiger partial charge in [-0.05, 0) is 25.4 Å². The summed E-state index contributed by atoms with van der Waals surface area (Å²) in [6.07, 6.45) is 0. The summed E-state index contributed by atoms with van der Waals surface area (Å²) < 4.78 is 15.4. The van der Waals surface area contributed by atoms with Crippen molar-refractivity contribution >= 4 is 11.6 Å². The van der Waals surface area contributed by atoms with Crippen LogP contribution in [0.1, 0.15) is 13.8 Å². The van der Waals surface area contributed by atoms with E-state index in [9.17, 15) is 0 Å². The summed E-state index contributed by atoms with van der Waals surface area (Å²) in [5.74, 6) is 0. The van der Waals surface area contributed by atoms with Gasteiger partial charge < -0.3 is 14.2 Å². The second-order valence-corrected chi connectivity index (χ2v) is 2.99. The zero-order valence-electron chi connectivity index (χ0n) is 9.27. The first-order chi connectivity index (χ1) is 7.76. The average Bonchev–Trinajstić information content (AvgIpc) is 2.24. The lowest BCUT2D eigenvalue weighted by Gasteiger charge is -2.06. The summed E-state index contributed by atoms with van der Waals surface area (Å²) in [6, 6.07) is 0.303. The Morgan fingerprint density at radius 1 is 0.938 bits per heavy atom. The third-order valence-corrected chi connectivity index (χ3v) is 1.67. The van der Waals surface area contributed by atoms with Crippen LogP contribution in [0.4, 0.5) is 0 Å². The lowest BCUT2D eigenvalue weighted by molar-refractivity contribution is 0.105. The first-order valence-electron chi connectivity index (χ1n) is 5.01. The van der Waals surface area contributed by atoms with E-state index in [1.165, 1.54) is 0 Å². The Morgan fingerprint density at radius 3 is 2.25 bits per heavy atom. The van der Waals surface area contributed by atoms with E-state index < -0.39 is 0 Å². The maximum Gasteiger partial charge on any atom is 0.324 e. The summed E-state index contributed by atoms with van der Waals surface area (Å²) in [5, 5.41) is 0.0462. The molecule has 1 aromatic rings. The molecule has 0 fully saturated rings. The van der Waals surface area contributed by atoms with Crippen molar-refractivity contribution in [1.29, 1.82) is 0 Å². The molecule has 1 heterocycles. The van der Waals surface area contributed by atoms with Crippen molar-refractivity contribution in [2.24, 2.45) is 0 Å². The number of rotatable bonds is 7. The molecule has 1 aromatic heterocycles. The molecule has 90 valence electrons. The summed E-state index contributed by atoms with van der Waals surface area (Å²) >= 11 is 5.67. The van der Waals surface area contributed by atoms with E-state index in [0.29, 0.717) is 26.4 Å². The van der Waals surface area contributed by atoms with E-state index in [-0.39, 0.29) is 17.3 Å². The summed E-state index contributed by atoms with van der Waals surface area (Å²) in [6.45, 7) is 5.67. The van der Waals surface area contributed by atoms with Crippen LogP contribution in [0.15, 0.2) is 0 Å². The molecular formula is C9H14ClN3O3. The van der Waals surface area contributed by atoms with Crippen molar-refractivity contribution in [2.45, 2.75) is 13.8 Å². The van der Waals surface area contributed by atoms with Crippen LogP contribution in [-0.4, -0.2) is 41.4 Å². The van der Waals surface area contributed by atoms with Crippen molar-refractivity contribution < 1.29 is 14.2 Å². The maximum atomic E-state index is 5.67. The van der Waals surface area contributed by atoms with Gasteiger partial charge in [-0.25, -0.2) is 0 Å². The highest BCUT2D eigenvalue weighted by Crippen LogP contribution is 2.12. The molecule has 0 atom stereocenters. The van der Waals surface area contributed by atoms with Crippen LogP contribution in [-0.2, 0) is 4.74 Å². The lowest BCUT2D eigenvalue weighted by Crippen LogP contribution is -2.09. The van der Waals surface area contributed by atoms with Gasteiger partial charge in [-0.3, -0.25) is 0 Å². The second kappa shape index (κ2) is 7.19. The van der Waals surface area contributed by atoms with Gasteiger partial charge in [0, 0.05) is 6.61 Å². The topological polar surface area (TPSA) is 66.4 Å². The van der Waals surface area contributed by atoms with E-state index in [2.05, 4.69) is 15.0 Å². The fraction of sp³-hybridized carbons (Fsp3) is 0.667. The van der Waals surface area contributed by atoms with Gasteiger partial charge in [0.1, 0.15) is 6.61 Å². The van der Waals surface area contributed by atoms with Gasteiger partial charge >= 0.3 is 12.0 Å². The van der Waals surface area contributed by atoms with Crippen LogP contribution in [0, 0.1) is 0 Å². The van der Waals surface area contributed by atoms with Crippen LogP contribution in [0.2, 0.25) is 5.28 Å². The SMILES string of the molecule is CCOCCOc1nc(Cl)nc(OCC)n1. The maximum absolute atomic E-state index is 5.67. The van der Waals surface area contributed by atoms with Crippen LogP contribution >= 0.6 is 11.6 Å². The molecule has 16 heavy (non-hydrogen) atoms. The van der Waals surface area contributed by atoms with Crippen molar-refractivity contribution in [3.8, 4) is 12.0 Å². The highest BCUT2D eigenvalue weighted by Gasteiger charge is 2.06. The Bertz CT molecular complexity index is 325. The van der Waals surface area contributed by atoms with E-state index in [1.54, 1.807) is 0 Å². The molecule has 0 saturated heterocycles.